The molecule has 0 aliphatic heterocycles. The fourth-order valence-corrected chi connectivity index (χ4v) is 12.9. The third kappa shape index (κ3) is 9.93. The van der Waals surface area contributed by atoms with Crippen LogP contribution in [0.3, 0.4) is 0 Å². The van der Waals surface area contributed by atoms with Gasteiger partial charge >= 0.3 is 0 Å². The molecular weight excluding hydrogens is 1050 g/mol. The van der Waals surface area contributed by atoms with E-state index in [-0.39, 0.29) is 0 Å². The number of benzene rings is 16. The van der Waals surface area contributed by atoms with Crippen LogP contribution in [0.2, 0.25) is 0 Å². The summed E-state index contributed by atoms with van der Waals surface area (Å²) in [7, 11) is 0. The van der Waals surface area contributed by atoms with Gasteiger partial charge in [0.15, 0.2) is 0 Å². The average molecular weight is 1110 g/mol. The Morgan fingerprint density at radius 3 is 0.793 bits per heavy atom. The lowest BCUT2D eigenvalue weighted by molar-refractivity contribution is 1.29. The first-order chi connectivity index (χ1) is 43.2. The molecule has 0 N–H and O–H groups in total. The Morgan fingerprint density at radius 1 is 0.149 bits per heavy atom. The van der Waals surface area contributed by atoms with Crippen molar-refractivity contribution < 1.29 is 0 Å². The molecule has 0 bridgehead atoms. The molecule has 0 saturated heterocycles. The summed E-state index contributed by atoms with van der Waals surface area (Å²) < 4.78 is 0. The van der Waals surface area contributed by atoms with Crippen LogP contribution in [0.5, 0.6) is 0 Å². The first kappa shape index (κ1) is 52.3. The van der Waals surface area contributed by atoms with Crippen LogP contribution in [-0.2, 0) is 0 Å². The fourth-order valence-electron chi connectivity index (χ4n) is 12.9. The van der Waals surface area contributed by atoms with Crippen molar-refractivity contribution in [2.75, 3.05) is 14.7 Å². The molecule has 0 aromatic heterocycles. The normalized spacial score (nSPS) is 11.2. The summed E-state index contributed by atoms with van der Waals surface area (Å²) in [5.74, 6) is 0. The Labute approximate surface area is 507 Å². The van der Waals surface area contributed by atoms with Gasteiger partial charge in [0, 0.05) is 61.4 Å². The van der Waals surface area contributed by atoms with Gasteiger partial charge in [-0.1, -0.05) is 273 Å². The third-order valence-electron chi connectivity index (χ3n) is 16.8. The molecule has 0 heterocycles. The number of para-hydroxylation sites is 4. The summed E-state index contributed by atoms with van der Waals surface area (Å²) >= 11 is 0. The van der Waals surface area contributed by atoms with E-state index in [0.29, 0.717) is 0 Å². The number of rotatable bonds is 11. The first-order valence-corrected chi connectivity index (χ1v) is 29.8. The summed E-state index contributed by atoms with van der Waals surface area (Å²) in [5.41, 5.74) is 15.2. The first-order valence-electron chi connectivity index (χ1n) is 29.8. The molecule has 3 heteroatoms. The van der Waals surface area contributed by atoms with Crippen molar-refractivity contribution in [1.29, 1.82) is 0 Å². The van der Waals surface area contributed by atoms with Crippen LogP contribution in [0.15, 0.2) is 358 Å². The molecule has 0 aliphatic rings. The van der Waals surface area contributed by atoms with E-state index in [1.165, 1.54) is 86.9 Å². The summed E-state index contributed by atoms with van der Waals surface area (Å²) in [6, 6.07) is 129. The van der Waals surface area contributed by atoms with E-state index in [1.807, 2.05) is 0 Å². The zero-order chi connectivity index (χ0) is 57.9. The minimum Gasteiger partial charge on any atom is -0.310 e. The number of hydrogen-bond donors (Lipinski definition) is 0. The number of anilines is 9. The van der Waals surface area contributed by atoms with Crippen molar-refractivity contribution in [1.82, 2.24) is 0 Å². The second-order valence-electron chi connectivity index (χ2n) is 22.0. The monoisotopic (exact) mass is 1110 g/mol. The summed E-state index contributed by atoms with van der Waals surface area (Å²) in [5, 5.41) is 14.7. The highest BCUT2D eigenvalue weighted by Gasteiger charge is 2.26. The molecule has 0 aliphatic carbocycles. The van der Waals surface area contributed by atoms with E-state index in [0.717, 1.165) is 51.2 Å². The van der Waals surface area contributed by atoms with Crippen molar-refractivity contribution in [3.05, 3.63) is 358 Å². The molecule has 0 saturated carbocycles. The molecule has 0 unspecified atom stereocenters. The lowest BCUT2D eigenvalue weighted by Crippen LogP contribution is -2.14. The van der Waals surface area contributed by atoms with Gasteiger partial charge in [-0.3, -0.25) is 0 Å². The van der Waals surface area contributed by atoms with Gasteiger partial charge in [-0.05, 0) is 150 Å². The van der Waals surface area contributed by atoms with Crippen molar-refractivity contribution in [3.63, 3.8) is 0 Å². The lowest BCUT2D eigenvalue weighted by Gasteiger charge is -2.33. The molecule has 3 nitrogen and oxygen atoms in total. The van der Waals surface area contributed by atoms with Gasteiger partial charge in [0.25, 0.3) is 0 Å². The Balaban J connectivity index is 0.000000150. The molecule has 0 atom stereocenters. The van der Waals surface area contributed by atoms with Gasteiger partial charge in [0.05, 0.1) is 11.4 Å². The Morgan fingerprint density at radius 2 is 0.414 bits per heavy atom. The van der Waals surface area contributed by atoms with Crippen molar-refractivity contribution in [2.24, 2.45) is 0 Å². The maximum Gasteiger partial charge on any atom is 0.0619 e. The molecule has 0 amide bonds. The van der Waals surface area contributed by atoms with Gasteiger partial charge in [-0.25, -0.2) is 0 Å². The van der Waals surface area contributed by atoms with E-state index >= 15 is 0 Å². The SMILES string of the molecule is c1ccc(-c2c3ccccc3c(-c3ccccc3)c3cc(N(c4ccccc4)c4ccccc4)ccc23)cc1.c1ccc(N(c2ccc3ccccc3c2)c2c3ccccc3c(N(c3ccccc3)c3ccc4ccccc4c3)c3ccccc23)cc1. The number of fused-ring (bicyclic) bond motifs is 6. The molecule has 0 spiro atoms. The maximum absolute atomic E-state index is 2.43. The molecule has 87 heavy (non-hydrogen) atoms. The number of hydrogen-bond acceptors (Lipinski definition) is 3. The highest BCUT2D eigenvalue weighted by atomic mass is 15.2. The van der Waals surface area contributed by atoms with Gasteiger partial charge < -0.3 is 14.7 Å². The van der Waals surface area contributed by atoms with Crippen LogP contribution in [0, 0.1) is 0 Å². The van der Waals surface area contributed by atoms with E-state index in [9.17, 15) is 0 Å². The molecule has 0 radical (unpaired) electrons. The van der Waals surface area contributed by atoms with Crippen LogP contribution in [0.25, 0.3) is 86.9 Å². The van der Waals surface area contributed by atoms with E-state index in [2.05, 4.69) is 373 Å². The van der Waals surface area contributed by atoms with E-state index in [4.69, 9.17) is 0 Å². The van der Waals surface area contributed by atoms with Gasteiger partial charge in [0.2, 0.25) is 0 Å². The zero-order valence-electron chi connectivity index (χ0n) is 47.9. The van der Waals surface area contributed by atoms with E-state index in [1.54, 1.807) is 0 Å². The lowest BCUT2D eigenvalue weighted by atomic mass is 9.85. The van der Waals surface area contributed by atoms with Crippen molar-refractivity contribution >= 4 is 116 Å². The summed E-state index contributed by atoms with van der Waals surface area (Å²) in [6.07, 6.45) is 0. The second-order valence-corrected chi connectivity index (χ2v) is 22.0. The molecule has 16 rings (SSSR count). The standard InChI is InChI=1S/C46H32N2.C38H27N/c1-3-19-37(20-4-1)47(39-29-27-33-15-7-9-17-35(33)31-39)45-41-23-11-13-25-43(41)46(44-26-14-12-24-42(44)45)48(38-21-5-2-6-22-38)40-30-28-34-16-8-10-18-36(34)32-40;1-5-15-28(16-6-1)37-33-23-13-14-24-34(33)38(29-17-7-2-8-18-29)36-27-32(25-26-35(36)37)39(30-19-9-3-10-20-30)31-21-11-4-12-22-31/h1-32H;1-27H. The third-order valence-corrected chi connectivity index (χ3v) is 16.8. The van der Waals surface area contributed by atoms with Crippen LogP contribution in [0.4, 0.5) is 51.2 Å². The largest absolute Gasteiger partial charge is 0.310 e. The van der Waals surface area contributed by atoms with Crippen molar-refractivity contribution in [3.8, 4) is 22.3 Å². The Hall–Kier alpha value is -11.5. The molecule has 0 fully saturated rings. The average Bonchev–Trinajstić information content (AvgIpc) is 1.06. The minimum absolute atomic E-state index is 1.12. The summed E-state index contributed by atoms with van der Waals surface area (Å²) in [6.45, 7) is 0. The smallest absolute Gasteiger partial charge is 0.0619 e. The Bertz CT molecular complexity index is 4820. The highest BCUT2D eigenvalue weighted by molar-refractivity contribution is 6.24. The summed E-state index contributed by atoms with van der Waals surface area (Å²) in [4.78, 5) is 7.21. The van der Waals surface area contributed by atoms with Gasteiger partial charge in [0.1, 0.15) is 0 Å². The van der Waals surface area contributed by atoms with Crippen LogP contribution in [-0.4, -0.2) is 0 Å². The zero-order valence-corrected chi connectivity index (χ0v) is 47.9. The molecule has 16 aromatic rings. The fraction of sp³-hybridized carbons (Fsp3) is 0. The van der Waals surface area contributed by atoms with Crippen LogP contribution in [0.1, 0.15) is 0 Å². The number of nitrogens with zero attached hydrogens (tertiary/aromatic N) is 3. The topological polar surface area (TPSA) is 9.72 Å². The van der Waals surface area contributed by atoms with Crippen LogP contribution >= 0.6 is 0 Å². The minimum atomic E-state index is 1.12. The molecule has 410 valence electrons. The Kier molecular flexibility index (Phi) is 14.0. The quantitative estimate of drug-likeness (QED) is 0.0944. The van der Waals surface area contributed by atoms with Crippen molar-refractivity contribution in [2.45, 2.75) is 0 Å². The maximum atomic E-state index is 2.43. The van der Waals surface area contributed by atoms with Gasteiger partial charge in [-0.2, -0.15) is 0 Å². The molecular formula is C84H59N3. The predicted octanol–water partition coefficient (Wildman–Crippen LogP) is 24.0. The van der Waals surface area contributed by atoms with Crippen LogP contribution < -0.4 is 14.7 Å². The predicted molar refractivity (Wildman–Crippen MR) is 373 cm³/mol. The second kappa shape index (κ2) is 23.3. The van der Waals surface area contributed by atoms with Gasteiger partial charge in [-0.15, -0.1) is 0 Å². The highest BCUT2D eigenvalue weighted by Crippen LogP contribution is 2.52. The van der Waals surface area contributed by atoms with E-state index < -0.39 is 0 Å². The molecule has 16 aromatic carbocycles.